The van der Waals surface area contributed by atoms with Gasteiger partial charge in [0.1, 0.15) is 6.10 Å². The molecule has 0 saturated carbocycles. The van der Waals surface area contributed by atoms with Crippen LogP contribution >= 0.6 is 0 Å². The average Bonchev–Trinajstić information content (AvgIpc) is 2.93. The Bertz CT molecular complexity index is 512. The molecule has 162 valence electrons. The van der Waals surface area contributed by atoms with Gasteiger partial charge in [0.2, 0.25) is 5.76 Å². The van der Waals surface area contributed by atoms with Gasteiger partial charge in [-0.25, -0.2) is 4.79 Å². The molecule has 28 heavy (non-hydrogen) atoms. The second kappa shape index (κ2) is 15.9. The average molecular weight is 402 g/mol. The summed E-state index contributed by atoms with van der Waals surface area (Å²) in [6, 6.07) is 0. The molecule has 1 aliphatic heterocycles. The summed E-state index contributed by atoms with van der Waals surface area (Å²) in [7, 11) is 0. The number of allylic oxidation sites excluding steroid dienone is 2. The minimum atomic E-state index is -1.42. The molecule has 0 aromatic rings. The summed E-state index contributed by atoms with van der Waals surface area (Å²) < 4.78 is 4.32. The smallest absolute Gasteiger partial charge is 0.377 e. The fourth-order valence-electron chi connectivity index (χ4n) is 2.45. The van der Waals surface area contributed by atoms with Crippen molar-refractivity contribution in [2.24, 2.45) is 0 Å². The van der Waals surface area contributed by atoms with Crippen molar-refractivity contribution in [1.82, 2.24) is 0 Å². The molecule has 8 heteroatoms. The highest BCUT2D eigenvalue weighted by Crippen LogP contribution is 2.20. The molecule has 1 aliphatic rings. The van der Waals surface area contributed by atoms with Crippen LogP contribution in [0.2, 0.25) is 0 Å². The SMILES string of the molecule is CCCC/C=C\CCCCCCCC(=O)O.O=C1O[C@H]([C@@H](O)CO)C(O)=C1O. The van der Waals surface area contributed by atoms with Crippen molar-refractivity contribution in [2.45, 2.75) is 83.3 Å². The number of rotatable bonds is 13. The number of esters is 1. The second-order valence-corrected chi connectivity index (χ2v) is 6.62. The Morgan fingerprint density at radius 3 is 2.14 bits per heavy atom. The molecular formula is C20H34O8. The number of carboxylic acids is 1. The summed E-state index contributed by atoms with van der Waals surface area (Å²) in [4.78, 5) is 20.8. The maximum absolute atomic E-state index is 10.5. The van der Waals surface area contributed by atoms with Crippen LogP contribution in [-0.4, -0.2) is 56.3 Å². The second-order valence-electron chi connectivity index (χ2n) is 6.62. The first kappa shape index (κ1) is 25.9. The van der Waals surface area contributed by atoms with Crippen LogP contribution in [0.25, 0.3) is 0 Å². The number of hydrogen-bond acceptors (Lipinski definition) is 7. The van der Waals surface area contributed by atoms with E-state index in [1.807, 2.05) is 0 Å². The highest BCUT2D eigenvalue weighted by molar-refractivity contribution is 5.89. The highest BCUT2D eigenvalue weighted by atomic mass is 16.6. The van der Waals surface area contributed by atoms with Crippen LogP contribution in [-0.2, 0) is 14.3 Å². The van der Waals surface area contributed by atoms with Crippen LogP contribution in [0.15, 0.2) is 23.7 Å². The lowest BCUT2D eigenvalue weighted by Gasteiger charge is -2.13. The van der Waals surface area contributed by atoms with Crippen LogP contribution in [0.5, 0.6) is 0 Å². The molecule has 0 fully saturated rings. The standard InChI is InChI=1S/C14H26O2.C6H8O6/c1-2-3-4-5-6-7-8-9-10-11-12-13-14(15)16;7-1-2(8)5-3(9)4(10)6(11)12-5/h5-6H,2-4,7-13H2,1H3,(H,15,16);2,5,7-10H,1H2/b6-5-;/t;2-,5+/m.0/s1. The van der Waals surface area contributed by atoms with Crippen molar-refractivity contribution in [3.05, 3.63) is 23.7 Å². The van der Waals surface area contributed by atoms with Gasteiger partial charge in [0.15, 0.2) is 11.9 Å². The molecule has 0 bridgehead atoms. The molecule has 0 aromatic heterocycles. The van der Waals surface area contributed by atoms with Gasteiger partial charge in [0.25, 0.3) is 0 Å². The van der Waals surface area contributed by atoms with E-state index in [0.29, 0.717) is 6.42 Å². The summed E-state index contributed by atoms with van der Waals surface area (Å²) in [6.07, 6.45) is 12.6. The lowest BCUT2D eigenvalue weighted by atomic mass is 10.1. The van der Waals surface area contributed by atoms with Crippen molar-refractivity contribution >= 4 is 11.9 Å². The fraction of sp³-hybridized carbons (Fsp3) is 0.700. The lowest BCUT2D eigenvalue weighted by Crippen LogP contribution is -2.31. The van der Waals surface area contributed by atoms with E-state index in [2.05, 4.69) is 23.8 Å². The number of aliphatic carboxylic acids is 1. The van der Waals surface area contributed by atoms with Gasteiger partial charge >= 0.3 is 11.9 Å². The maximum atomic E-state index is 10.5. The Hall–Kier alpha value is -2.06. The Kier molecular flexibility index (Phi) is 14.8. The van der Waals surface area contributed by atoms with Gasteiger partial charge in [-0.1, -0.05) is 51.2 Å². The third-order valence-corrected chi connectivity index (χ3v) is 4.13. The van der Waals surface area contributed by atoms with E-state index >= 15 is 0 Å². The third-order valence-electron chi connectivity index (χ3n) is 4.13. The highest BCUT2D eigenvalue weighted by Gasteiger charge is 2.38. The van der Waals surface area contributed by atoms with Crippen LogP contribution < -0.4 is 0 Å². The largest absolute Gasteiger partial charge is 0.505 e. The molecule has 8 nitrogen and oxygen atoms in total. The first-order valence-electron chi connectivity index (χ1n) is 9.83. The summed E-state index contributed by atoms with van der Waals surface area (Å²) >= 11 is 0. The van der Waals surface area contributed by atoms with E-state index in [1.54, 1.807) is 0 Å². The fourth-order valence-corrected chi connectivity index (χ4v) is 2.45. The van der Waals surface area contributed by atoms with Crippen molar-refractivity contribution in [3.63, 3.8) is 0 Å². The van der Waals surface area contributed by atoms with Crippen molar-refractivity contribution < 1.29 is 39.9 Å². The molecule has 0 saturated heterocycles. The van der Waals surface area contributed by atoms with Gasteiger partial charge in [-0.15, -0.1) is 0 Å². The number of ether oxygens (including phenoxy) is 1. The maximum Gasteiger partial charge on any atom is 0.377 e. The van der Waals surface area contributed by atoms with Gasteiger partial charge in [0, 0.05) is 6.42 Å². The Morgan fingerprint density at radius 1 is 1.07 bits per heavy atom. The van der Waals surface area contributed by atoms with Crippen LogP contribution in [0, 0.1) is 0 Å². The zero-order chi connectivity index (χ0) is 21.4. The van der Waals surface area contributed by atoms with Crippen LogP contribution in [0.3, 0.4) is 0 Å². The number of hydrogen-bond donors (Lipinski definition) is 5. The van der Waals surface area contributed by atoms with Crippen molar-refractivity contribution in [3.8, 4) is 0 Å². The molecule has 0 spiro atoms. The normalized spacial score (nSPS) is 17.4. The molecule has 0 amide bonds. The zero-order valence-corrected chi connectivity index (χ0v) is 16.5. The number of aliphatic hydroxyl groups is 4. The molecule has 2 atom stereocenters. The molecule has 0 aromatic carbocycles. The third kappa shape index (κ3) is 11.6. The predicted octanol–water partition coefficient (Wildman–Crippen LogP) is 3.14. The van der Waals surface area contributed by atoms with Crippen molar-refractivity contribution in [1.29, 1.82) is 0 Å². The summed E-state index contributed by atoms with van der Waals surface area (Å²) in [5, 5.41) is 43.5. The Labute approximate surface area is 166 Å². The van der Waals surface area contributed by atoms with Gasteiger partial charge in [-0.3, -0.25) is 4.79 Å². The van der Waals surface area contributed by atoms with Crippen LogP contribution in [0.4, 0.5) is 0 Å². The first-order chi connectivity index (χ1) is 13.3. The van der Waals surface area contributed by atoms with Crippen LogP contribution in [0.1, 0.15) is 71.1 Å². The molecular weight excluding hydrogens is 368 g/mol. The first-order valence-corrected chi connectivity index (χ1v) is 9.83. The topological polar surface area (TPSA) is 145 Å². The molecule has 0 unspecified atom stereocenters. The van der Waals surface area contributed by atoms with E-state index in [-0.39, 0.29) is 0 Å². The Balaban J connectivity index is 0.000000540. The van der Waals surface area contributed by atoms with Crippen molar-refractivity contribution in [2.75, 3.05) is 6.61 Å². The summed E-state index contributed by atoms with van der Waals surface area (Å²) in [5.41, 5.74) is 0. The van der Waals surface area contributed by atoms with Gasteiger partial charge in [0.05, 0.1) is 6.61 Å². The molecule has 0 radical (unpaired) electrons. The quantitative estimate of drug-likeness (QED) is 0.179. The lowest BCUT2D eigenvalue weighted by molar-refractivity contribution is -0.147. The number of carbonyl (C=O) groups is 2. The van der Waals surface area contributed by atoms with E-state index in [4.69, 9.17) is 25.5 Å². The number of unbranched alkanes of at least 4 members (excludes halogenated alkanes) is 7. The van der Waals surface area contributed by atoms with E-state index < -0.39 is 42.3 Å². The van der Waals surface area contributed by atoms with Gasteiger partial charge in [-0.05, 0) is 25.7 Å². The minimum Gasteiger partial charge on any atom is -0.505 e. The summed E-state index contributed by atoms with van der Waals surface area (Å²) in [5.74, 6) is -3.45. The van der Waals surface area contributed by atoms with E-state index in [0.717, 1.165) is 12.8 Å². The van der Waals surface area contributed by atoms with Gasteiger partial charge in [-0.2, -0.15) is 0 Å². The summed E-state index contributed by atoms with van der Waals surface area (Å²) in [6.45, 7) is 1.54. The predicted molar refractivity (Wildman–Crippen MR) is 104 cm³/mol. The monoisotopic (exact) mass is 402 g/mol. The van der Waals surface area contributed by atoms with Gasteiger partial charge < -0.3 is 30.3 Å². The molecule has 5 N–H and O–H groups in total. The minimum absolute atomic E-state index is 0.330. The Morgan fingerprint density at radius 2 is 1.64 bits per heavy atom. The zero-order valence-electron chi connectivity index (χ0n) is 16.5. The number of cyclic esters (lactones) is 1. The molecule has 1 heterocycles. The number of carbonyl (C=O) groups excluding carboxylic acids is 1. The number of aliphatic hydroxyl groups excluding tert-OH is 4. The molecule has 0 aliphatic carbocycles. The number of carboxylic acid groups (broad SMARTS) is 1. The van der Waals surface area contributed by atoms with E-state index in [9.17, 15) is 9.59 Å². The van der Waals surface area contributed by atoms with E-state index in [1.165, 1.54) is 44.9 Å². The molecule has 1 rings (SSSR count).